The lowest BCUT2D eigenvalue weighted by atomic mass is 10.2. The second kappa shape index (κ2) is 7.10. The second-order valence-electron chi connectivity index (χ2n) is 6.51. The number of piperazine rings is 1. The van der Waals surface area contributed by atoms with Crippen LogP contribution in [0.15, 0.2) is 42.6 Å². The van der Waals surface area contributed by atoms with Gasteiger partial charge in [0, 0.05) is 32.4 Å². The fourth-order valence-corrected chi connectivity index (χ4v) is 3.19. The normalized spacial score (nSPS) is 15.2. The molecule has 4 rings (SSSR count). The van der Waals surface area contributed by atoms with Crippen molar-refractivity contribution in [2.75, 3.05) is 31.1 Å². The molecule has 10 heteroatoms. The van der Waals surface area contributed by atoms with E-state index in [9.17, 15) is 18.0 Å². The summed E-state index contributed by atoms with van der Waals surface area (Å²) in [6.45, 7) is 2.03. The number of hydrogen-bond acceptors (Lipinski definition) is 5. The van der Waals surface area contributed by atoms with Crippen LogP contribution in [0.25, 0.3) is 11.0 Å². The lowest BCUT2D eigenvalue weighted by molar-refractivity contribution is -0.138. The molecule has 1 aliphatic rings. The van der Waals surface area contributed by atoms with Gasteiger partial charge in [0.2, 0.25) is 5.91 Å². The predicted octanol–water partition coefficient (Wildman–Crippen LogP) is 2.19. The van der Waals surface area contributed by atoms with Gasteiger partial charge in [-0.3, -0.25) is 4.79 Å². The molecule has 1 aromatic carbocycles. The van der Waals surface area contributed by atoms with Crippen LogP contribution in [0.1, 0.15) is 5.56 Å². The molecule has 0 aliphatic carbocycles. The molecule has 28 heavy (non-hydrogen) atoms. The maximum Gasteiger partial charge on any atom is 0.417 e. The Morgan fingerprint density at radius 3 is 2.46 bits per heavy atom. The van der Waals surface area contributed by atoms with Crippen LogP contribution in [-0.2, 0) is 17.5 Å². The molecule has 3 aromatic rings. The van der Waals surface area contributed by atoms with E-state index in [1.807, 2.05) is 29.2 Å². The molecule has 0 atom stereocenters. The van der Waals surface area contributed by atoms with Crippen LogP contribution in [0.3, 0.4) is 0 Å². The maximum absolute atomic E-state index is 12.6. The number of benzene rings is 1. The minimum atomic E-state index is -4.40. The topological polar surface area (TPSA) is 67.2 Å². The molecule has 0 radical (unpaired) electrons. The van der Waals surface area contributed by atoms with Crippen molar-refractivity contribution in [3.8, 4) is 0 Å². The summed E-state index contributed by atoms with van der Waals surface area (Å²) in [5, 5.41) is 8.07. The number of anilines is 1. The van der Waals surface area contributed by atoms with Gasteiger partial charge >= 0.3 is 6.18 Å². The van der Waals surface area contributed by atoms with Gasteiger partial charge in [0.05, 0.1) is 11.1 Å². The highest BCUT2D eigenvalue weighted by molar-refractivity contribution is 5.80. The number of rotatable bonds is 3. The summed E-state index contributed by atoms with van der Waals surface area (Å²) in [6.07, 6.45) is -3.56. The van der Waals surface area contributed by atoms with Crippen molar-refractivity contribution in [2.45, 2.75) is 12.7 Å². The molecule has 1 saturated heterocycles. The minimum absolute atomic E-state index is 0.0734. The number of aromatic nitrogens is 4. The summed E-state index contributed by atoms with van der Waals surface area (Å²) < 4.78 is 39.5. The lowest BCUT2D eigenvalue weighted by Crippen LogP contribution is -2.49. The predicted molar refractivity (Wildman–Crippen MR) is 95.6 cm³/mol. The summed E-state index contributed by atoms with van der Waals surface area (Å²) >= 11 is 0. The van der Waals surface area contributed by atoms with Crippen LogP contribution in [0, 0.1) is 0 Å². The fourth-order valence-electron chi connectivity index (χ4n) is 3.19. The van der Waals surface area contributed by atoms with Crippen LogP contribution in [0.4, 0.5) is 19.0 Å². The number of carbonyl (C=O) groups excluding carboxylic acids is 1. The van der Waals surface area contributed by atoms with E-state index in [0.717, 1.165) is 23.3 Å². The SMILES string of the molecule is O=C(Cn1nnc2ccccc21)N1CCN(c2ccc(C(F)(F)F)cn2)CC1. The molecule has 2 aromatic heterocycles. The maximum atomic E-state index is 12.6. The summed E-state index contributed by atoms with van der Waals surface area (Å²) in [5.41, 5.74) is 0.752. The Morgan fingerprint density at radius 1 is 1.04 bits per heavy atom. The summed E-state index contributed by atoms with van der Waals surface area (Å²) in [4.78, 5) is 20.1. The molecular weight excluding hydrogens is 373 g/mol. The zero-order chi connectivity index (χ0) is 19.7. The molecule has 1 amide bonds. The minimum Gasteiger partial charge on any atom is -0.353 e. The molecule has 0 N–H and O–H groups in total. The van der Waals surface area contributed by atoms with Crippen LogP contribution in [0.5, 0.6) is 0 Å². The lowest BCUT2D eigenvalue weighted by Gasteiger charge is -2.35. The molecule has 1 aliphatic heterocycles. The van der Waals surface area contributed by atoms with E-state index < -0.39 is 11.7 Å². The number of para-hydroxylation sites is 1. The van der Waals surface area contributed by atoms with E-state index in [1.165, 1.54) is 6.07 Å². The Kier molecular flexibility index (Phi) is 4.62. The van der Waals surface area contributed by atoms with Gasteiger partial charge in [-0.1, -0.05) is 17.3 Å². The molecule has 0 spiro atoms. The summed E-state index contributed by atoms with van der Waals surface area (Å²) in [6, 6.07) is 9.80. The fraction of sp³-hybridized carbons (Fsp3) is 0.333. The first-order chi connectivity index (χ1) is 13.4. The highest BCUT2D eigenvalue weighted by Gasteiger charge is 2.31. The first kappa shape index (κ1) is 18.2. The van der Waals surface area contributed by atoms with Gasteiger partial charge in [-0.25, -0.2) is 9.67 Å². The van der Waals surface area contributed by atoms with E-state index in [4.69, 9.17) is 0 Å². The molecule has 0 unspecified atom stereocenters. The zero-order valence-electron chi connectivity index (χ0n) is 14.8. The third-order valence-electron chi connectivity index (χ3n) is 4.74. The monoisotopic (exact) mass is 390 g/mol. The van der Waals surface area contributed by atoms with Crippen molar-refractivity contribution in [2.24, 2.45) is 0 Å². The van der Waals surface area contributed by atoms with E-state index in [0.29, 0.717) is 32.0 Å². The van der Waals surface area contributed by atoms with Crippen LogP contribution >= 0.6 is 0 Å². The van der Waals surface area contributed by atoms with Crippen LogP contribution in [0.2, 0.25) is 0 Å². The van der Waals surface area contributed by atoms with E-state index in [2.05, 4.69) is 15.3 Å². The average molecular weight is 390 g/mol. The molecule has 1 fully saturated rings. The average Bonchev–Trinajstić information content (AvgIpc) is 3.10. The molecule has 0 bridgehead atoms. The Labute approximate surface area is 158 Å². The van der Waals surface area contributed by atoms with Gasteiger partial charge in [-0.2, -0.15) is 13.2 Å². The van der Waals surface area contributed by atoms with Crippen molar-refractivity contribution in [1.29, 1.82) is 0 Å². The molecule has 7 nitrogen and oxygen atoms in total. The molecule has 3 heterocycles. The van der Waals surface area contributed by atoms with Crippen LogP contribution < -0.4 is 4.90 Å². The zero-order valence-corrected chi connectivity index (χ0v) is 14.8. The number of hydrogen-bond donors (Lipinski definition) is 0. The van der Waals surface area contributed by atoms with Gasteiger partial charge in [0.1, 0.15) is 17.9 Å². The summed E-state index contributed by atoms with van der Waals surface area (Å²) in [5.74, 6) is 0.401. The smallest absolute Gasteiger partial charge is 0.353 e. The third kappa shape index (κ3) is 3.62. The highest BCUT2D eigenvalue weighted by atomic mass is 19.4. The molecule has 146 valence electrons. The van der Waals surface area contributed by atoms with Crippen molar-refractivity contribution in [3.63, 3.8) is 0 Å². The number of fused-ring (bicyclic) bond motifs is 1. The Hall–Kier alpha value is -3.17. The standard InChI is InChI=1S/C18H17F3N6O/c19-18(20,21)13-5-6-16(22-11-13)25-7-9-26(10-8-25)17(28)12-27-15-4-2-1-3-14(15)23-24-27/h1-6,11H,7-10,12H2. The van der Waals surface area contributed by atoms with E-state index in [1.54, 1.807) is 9.58 Å². The Balaban J connectivity index is 1.36. The van der Waals surface area contributed by atoms with Gasteiger partial charge in [0.15, 0.2) is 0 Å². The van der Waals surface area contributed by atoms with Gasteiger partial charge in [0.25, 0.3) is 0 Å². The van der Waals surface area contributed by atoms with Crippen molar-refractivity contribution in [3.05, 3.63) is 48.2 Å². The Morgan fingerprint density at radius 2 is 1.79 bits per heavy atom. The largest absolute Gasteiger partial charge is 0.417 e. The number of alkyl halides is 3. The number of nitrogens with zero attached hydrogens (tertiary/aromatic N) is 6. The van der Waals surface area contributed by atoms with Gasteiger partial charge in [-0.05, 0) is 24.3 Å². The first-order valence-electron chi connectivity index (χ1n) is 8.76. The van der Waals surface area contributed by atoms with Crippen molar-refractivity contribution in [1.82, 2.24) is 24.9 Å². The summed E-state index contributed by atoms with van der Waals surface area (Å²) in [7, 11) is 0. The number of amides is 1. The van der Waals surface area contributed by atoms with E-state index in [-0.39, 0.29) is 12.5 Å². The quantitative estimate of drug-likeness (QED) is 0.686. The van der Waals surface area contributed by atoms with Crippen molar-refractivity contribution >= 4 is 22.8 Å². The first-order valence-corrected chi connectivity index (χ1v) is 8.76. The van der Waals surface area contributed by atoms with Crippen LogP contribution in [-0.4, -0.2) is 57.0 Å². The second-order valence-corrected chi connectivity index (χ2v) is 6.51. The third-order valence-corrected chi connectivity index (χ3v) is 4.74. The Bertz CT molecular complexity index is 977. The highest BCUT2D eigenvalue weighted by Crippen LogP contribution is 2.29. The number of pyridine rings is 1. The number of halogens is 3. The van der Waals surface area contributed by atoms with E-state index >= 15 is 0 Å². The number of carbonyl (C=O) groups is 1. The van der Waals surface area contributed by atoms with Gasteiger partial charge < -0.3 is 9.80 Å². The van der Waals surface area contributed by atoms with Crippen molar-refractivity contribution < 1.29 is 18.0 Å². The van der Waals surface area contributed by atoms with Gasteiger partial charge in [-0.15, -0.1) is 5.10 Å². The molecular formula is C18H17F3N6O. The molecule has 0 saturated carbocycles.